The van der Waals surface area contributed by atoms with E-state index in [-0.39, 0.29) is 0 Å². The fraction of sp³-hybridized carbons (Fsp3) is 0.583. The van der Waals surface area contributed by atoms with Gasteiger partial charge in [-0.15, -0.1) is 0 Å². The molecular weight excluding hydrogens is 158 g/mol. The van der Waals surface area contributed by atoms with E-state index in [2.05, 4.69) is 31.8 Å². The third-order valence-corrected chi connectivity index (χ3v) is 2.62. The molecule has 13 heavy (non-hydrogen) atoms. The molecule has 0 N–H and O–H groups in total. The highest BCUT2D eigenvalue weighted by molar-refractivity contribution is 5.22. The van der Waals surface area contributed by atoms with E-state index in [9.17, 15) is 0 Å². The van der Waals surface area contributed by atoms with Crippen molar-refractivity contribution in [3.8, 4) is 0 Å². The van der Waals surface area contributed by atoms with Gasteiger partial charge in [0.25, 0.3) is 0 Å². The summed E-state index contributed by atoms with van der Waals surface area (Å²) in [6.45, 7) is 6.61. The Morgan fingerprint density at radius 2 is 2.15 bits per heavy atom. The fourth-order valence-corrected chi connectivity index (χ4v) is 1.86. The first-order valence-electron chi connectivity index (χ1n) is 5.21. The molecule has 1 heteroatoms. The Labute approximate surface area is 81.2 Å². The van der Waals surface area contributed by atoms with Crippen molar-refractivity contribution >= 4 is 0 Å². The molecule has 1 rings (SSSR count). The zero-order valence-corrected chi connectivity index (χ0v) is 8.88. The normalized spacial score (nSPS) is 12.8. The van der Waals surface area contributed by atoms with Crippen LogP contribution in [0.1, 0.15) is 50.3 Å². The summed E-state index contributed by atoms with van der Waals surface area (Å²) in [5, 5.41) is 0. The summed E-state index contributed by atoms with van der Waals surface area (Å²) in [5.74, 6) is 0.707. The van der Waals surface area contributed by atoms with Crippen molar-refractivity contribution in [2.45, 2.75) is 46.0 Å². The first-order valence-corrected chi connectivity index (χ1v) is 5.21. The smallest absolute Gasteiger partial charge is 0.0407 e. The van der Waals surface area contributed by atoms with E-state index in [1.807, 2.05) is 12.3 Å². The molecule has 1 nitrogen and oxygen atoms in total. The topological polar surface area (TPSA) is 12.9 Å². The van der Waals surface area contributed by atoms with Gasteiger partial charge < -0.3 is 0 Å². The summed E-state index contributed by atoms with van der Waals surface area (Å²) in [7, 11) is 0. The van der Waals surface area contributed by atoms with Crippen LogP contribution in [0.2, 0.25) is 0 Å². The molecule has 1 aromatic heterocycles. The van der Waals surface area contributed by atoms with Crippen LogP contribution in [0.5, 0.6) is 0 Å². The van der Waals surface area contributed by atoms with E-state index in [1.54, 1.807) is 0 Å². The van der Waals surface area contributed by atoms with Crippen LogP contribution >= 0.6 is 0 Å². The molecule has 1 aromatic rings. The van der Waals surface area contributed by atoms with Crippen LogP contribution in [-0.4, -0.2) is 4.98 Å². The Morgan fingerprint density at radius 1 is 1.38 bits per heavy atom. The first kappa shape index (κ1) is 10.2. The summed E-state index contributed by atoms with van der Waals surface area (Å²) < 4.78 is 0. The summed E-state index contributed by atoms with van der Waals surface area (Å²) in [4.78, 5) is 4.33. The second kappa shape index (κ2) is 5.00. The van der Waals surface area contributed by atoms with Gasteiger partial charge in [0.2, 0.25) is 0 Å². The summed E-state index contributed by atoms with van der Waals surface area (Å²) in [5.41, 5.74) is 2.63. The van der Waals surface area contributed by atoms with E-state index in [0.717, 1.165) is 0 Å². The highest BCUT2D eigenvalue weighted by Crippen LogP contribution is 2.25. The first-order chi connectivity index (χ1) is 6.29. The average molecular weight is 177 g/mol. The number of aryl methyl sites for hydroxylation is 1. The minimum atomic E-state index is 0.707. The molecule has 1 atom stereocenters. The van der Waals surface area contributed by atoms with Crippen LogP contribution in [0, 0.1) is 6.92 Å². The Morgan fingerprint density at radius 3 is 2.69 bits per heavy atom. The van der Waals surface area contributed by atoms with E-state index in [4.69, 9.17) is 0 Å². The fourth-order valence-electron chi connectivity index (χ4n) is 1.86. The number of aromatic nitrogens is 1. The zero-order valence-electron chi connectivity index (χ0n) is 8.88. The van der Waals surface area contributed by atoms with Crippen molar-refractivity contribution in [1.82, 2.24) is 4.98 Å². The van der Waals surface area contributed by atoms with Gasteiger partial charge in [-0.25, -0.2) is 0 Å². The van der Waals surface area contributed by atoms with Gasteiger partial charge in [0.05, 0.1) is 0 Å². The van der Waals surface area contributed by atoms with Crippen molar-refractivity contribution in [3.63, 3.8) is 0 Å². The molecule has 0 aliphatic rings. The Bertz CT molecular complexity index is 255. The van der Waals surface area contributed by atoms with Crippen molar-refractivity contribution in [2.75, 3.05) is 0 Å². The molecule has 0 aliphatic heterocycles. The SMILES string of the molecule is CCCC(CC)c1cccnc1C. The number of rotatable bonds is 4. The van der Waals surface area contributed by atoms with Crippen molar-refractivity contribution < 1.29 is 0 Å². The second-order valence-electron chi connectivity index (χ2n) is 3.57. The average Bonchev–Trinajstić information content (AvgIpc) is 2.16. The van der Waals surface area contributed by atoms with Gasteiger partial charge in [0.1, 0.15) is 0 Å². The monoisotopic (exact) mass is 177 g/mol. The maximum absolute atomic E-state index is 4.33. The van der Waals surface area contributed by atoms with Gasteiger partial charge in [-0.05, 0) is 37.3 Å². The maximum Gasteiger partial charge on any atom is 0.0407 e. The van der Waals surface area contributed by atoms with Crippen molar-refractivity contribution in [3.05, 3.63) is 29.6 Å². The lowest BCUT2D eigenvalue weighted by atomic mass is 9.91. The molecule has 1 heterocycles. The molecule has 0 amide bonds. The number of nitrogens with zero attached hydrogens (tertiary/aromatic N) is 1. The summed E-state index contributed by atoms with van der Waals surface area (Å²) >= 11 is 0. The lowest BCUT2D eigenvalue weighted by molar-refractivity contribution is 0.590. The lowest BCUT2D eigenvalue weighted by Crippen LogP contribution is -2.00. The summed E-state index contributed by atoms with van der Waals surface area (Å²) in [6.07, 6.45) is 5.63. The molecule has 0 fully saturated rings. The number of pyridine rings is 1. The third kappa shape index (κ3) is 2.55. The van der Waals surface area contributed by atoms with Crippen LogP contribution in [-0.2, 0) is 0 Å². The minimum Gasteiger partial charge on any atom is -0.261 e. The van der Waals surface area contributed by atoms with E-state index in [0.29, 0.717) is 5.92 Å². The van der Waals surface area contributed by atoms with Gasteiger partial charge in [-0.1, -0.05) is 26.3 Å². The summed E-state index contributed by atoms with van der Waals surface area (Å²) in [6, 6.07) is 4.26. The van der Waals surface area contributed by atoms with Gasteiger partial charge >= 0.3 is 0 Å². The molecule has 1 unspecified atom stereocenters. The van der Waals surface area contributed by atoms with Gasteiger partial charge in [0.15, 0.2) is 0 Å². The van der Waals surface area contributed by atoms with E-state index >= 15 is 0 Å². The van der Waals surface area contributed by atoms with Crippen LogP contribution in [0.3, 0.4) is 0 Å². The molecule has 72 valence electrons. The molecule has 0 aliphatic carbocycles. The van der Waals surface area contributed by atoms with Crippen molar-refractivity contribution in [2.24, 2.45) is 0 Å². The molecule has 0 spiro atoms. The molecule has 0 bridgehead atoms. The predicted octanol–water partition coefficient (Wildman–Crippen LogP) is 3.68. The van der Waals surface area contributed by atoms with E-state index in [1.165, 1.54) is 30.5 Å². The van der Waals surface area contributed by atoms with Gasteiger partial charge in [-0.3, -0.25) is 4.98 Å². The Hall–Kier alpha value is -0.850. The number of hydrogen-bond donors (Lipinski definition) is 0. The largest absolute Gasteiger partial charge is 0.261 e. The molecule has 0 aromatic carbocycles. The Kier molecular flexibility index (Phi) is 3.94. The highest BCUT2D eigenvalue weighted by Gasteiger charge is 2.10. The van der Waals surface area contributed by atoms with Crippen LogP contribution in [0.15, 0.2) is 18.3 Å². The van der Waals surface area contributed by atoms with Crippen molar-refractivity contribution in [1.29, 1.82) is 0 Å². The van der Waals surface area contributed by atoms with Crippen LogP contribution in [0.25, 0.3) is 0 Å². The Balaban J connectivity index is 2.84. The predicted molar refractivity (Wildman–Crippen MR) is 56.9 cm³/mol. The molecular formula is C12H19N. The standard InChI is InChI=1S/C12H19N/c1-4-7-11(5-2)12-8-6-9-13-10(12)3/h6,8-9,11H,4-5,7H2,1-3H3. The number of hydrogen-bond acceptors (Lipinski definition) is 1. The molecule has 0 saturated heterocycles. The van der Waals surface area contributed by atoms with Gasteiger partial charge in [0, 0.05) is 11.9 Å². The maximum atomic E-state index is 4.33. The second-order valence-corrected chi connectivity index (χ2v) is 3.57. The quantitative estimate of drug-likeness (QED) is 0.683. The van der Waals surface area contributed by atoms with Crippen LogP contribution in [0.4, 0.5) is 0 Å². The molecule has 0 radical (unpaired) electrons. The zero-order chi connectivity index (χ0) is 9.68. The third-order valence-electron chi connectivity index (χ3n) is 2.62. The lowest BCUT2D eigenvalue weighted by Gasteiger charge is -2.15. The minimum absolute atomic E-state index is 0.707. The highest BCUT2D eigenvalue weighted by atomic mass is 14.7. The van der Waals surface area contributed by atoms with Crippen LogP contribution < -0.4 is 0 Å². The van der Waals surface area contributed by atoms with E-state index < -0.39 is 0 Å². The molecule has 0 saturated carbocycles. The van der Waals surface area contributed by atoms with Gasteiger partial charge in [-0.2, -0.15) is 0 Å².